The molecule has 1 heterocycles. The van der Waals surface area contributed by atoms with Crippen molar-refractivity contribution in [2.75, 3.05) is 7.11 Å². The van der Waals surface area contributed by atoms with E-state index in [1.165, 1.54) is 5.57 Å². The number of benzene rings is 1. The van der Waals surface area contributed by atoms with Gasteiger partial charge < -0.3 is 29.5 Å². The molecule has 0 bridgehead atoms. The molecule has 3 saturated carbocycles. The van der Waals surface area contributed by atoms with E-state index in [2.05, 4.69) is 45.6 Å². The maximum Gasteiger partial charge on any atom is 0.173 e. The highest BCUT2D eigenvalue weighted by atomic mass is 32.2. The van der Waals surface area contributed by atoms with Gasteiger partial charge in [-0.25, -0.2) is 0 Å². The topological polar surface area (TPSA) is 88.4 Å². The van der Waals surface area contributed by atoms with Crippen LogP contribution in [0.25, 0.3) is 0 Å². The first-order chi connectivity index (χ1) is 19.9. The molecule has 5 aliphatic rings. The first kappa shape index (κ1) is 30.8. The van der Waals surface area contributed by atoms with Gasteiger partial charge in [-0.1, -0.05) is 55.8 Å². The Hall–Kier alpha value is -1.19. The van der Waals surface area contributed by atoms with Gasteiger partial charge in [0.15, 0.2) is 6.29 Å². The third-order valence-corrected chi connectivity index (χ3v) is 13.6. The highest BCUT2D eigenvalue weighted by Gasteiger charge is 2.69. The van der Waals surface area contributed by atoms with E-state index in [-0.39, 0.29) is 34.5 Å². The monoisotopic (exact) mass is 598 g/mol. The number of aliphatic hydroxyl groups is 3. The van der Waals surface area contributed by atoms with Crippen molar-refractivity contribution in [2.45, 2.75) is 125 Å². The molecule has 6 nitrogen and oxygen atoms in total. The van der Waals surface area contributed by atoms with Gasteiger partial charge in [0.25, 0.3) is 0 Å². The van der Waals surface area contributed by atoms with Crippen molar-refractivity contribution in [3.8, 4) is 0 Å². The molecule has 0 spiro atoms. The van der Waals surface area contributed by atoms with Crippen molar-refractivity contribution >= 4 is 11.8 Å². The summed E-state index contributed by atoms with van der Waals surface area (Å²) in [7, 11) is 1.65. The lowest BCUT2D eigenvalue weighted by atomic mass is 9.44. The molecule has 232 valence electrons. The van der Waals surface area contributed by atoms with Gasteiger partial charge in [-0.3, -0.25) is 0 Å². The van der Waals surface area contributed by atoms with E-state index in [1.807, 2.05) is 25.1 Å². The lowest BCUT2D eigenvalue weighted by Crippen LogP contribution is -2.65. The van der Waals surface area contributed by atoms with Crippen LogP contribution in [0.4, 0.5) is 0 Å². The van der Waals surface area contributed by atoms with E-state index in [1.54, 1.807) is 18.9 Å². The second-order valence-corrected chi connectivity index (χ2v) is 15.5. The maximum absolute atomic E-state index is 12.4. The molecule has 0 radical (unpaired) electrons. The summed E-state index contributed by atoms with van der Waals surface area (Å²) in [5.41, 5.74) is 0.958. The van der Waals surface area contributed by atoms with Crippen LogP contribution in [0.3, 0.4) is 0 Å². The summed E-state index contributed by atoms with van der Waals surface area (Å²) in [6.07, 6.45) is 5.60. The fourth-order valence-corrected chi connectivity index (χ4v) is 11.1. The number of rotatable bonds is 6. The Morgan fingerprint density at radius 2 is 1.83 bits per heavy atom. The summed E-state index contributed by atoms with van der Waals surface area (Å²) in [5.74, 6) is 0.519. The van der Waals surface area contributed by atoms with Crippen LogP contribution in [0.2, 0.25) is 0 Å². The molecule has 1 aromatic carbocycles. The van der Waals surface area contributed by atoms with Crippen LogP contribution in [0.1, 0.15) is 72.6 Å². The molecule has 3 N–H and O–H groups in total. The van der Waals surface area contributed by atoms with Gasteiger partial charge in [-0.05, 0) is 94.1 Å². The van der Waals surface area contributed by atoms with Crippen molar-refractivity contribution in [3.05, 3.63) is 54.1 Å². The molecule has 1 saturated heterocycles. The molecule has 0 aromatic heterocycles. The number of ether oxygens (including phenoxy) is 3. The summed E-state index contributed by atoms with van der Waals surface area (Å²) >= 11 is 1.64. The number of methoxy groups -OCH3 is 1. The molecule has 1 aromatic rings. The molecule has 9 unspecified atom stereocenters. The number of hydrogen-bond donors (Lipinski definition) is 3. The Morgan fingerprint density at radius 1 is 1.10 bits per heavy atom. The second kappa shape index (κ2) is 11.3. The van der Waals surface area contributed by atoms with Gasteiger partial charge >= 0.3 is 0 Å². The Kier molecular flexibility index (Phi) is 8.30. The van der Waals surface area contributed by atoms with Gasteiger partial charge in [0.2, 0.25) is 0 Å². The van der Waals surface area contributed by atoms with Crippen molar-refractivity contribution < 1.29 is 29.5 Å². The average Bonchev–Trinajstić information content (AvgIpc) is 3.25. The Morgan fingerprint density at radius 3 is 2.52 bits per heavy atom. The fourth-order valence-electron chi connectivity index (χ4n) is 9.81. The first-order valence-corrected chi connectivity index (χ1v) is 16.8. The fraction of sp³-hybridized carbons (Fsp3) is 0.714. The standard InChI is InChI=1S/C35H50O6S/c1-20(2)25-15-17-35(38)26-13-12-22-18-23(14-16-33(22,4)27(26)19-28(36)34(25,35)5)41-32-31(42-24-10-8-7-9-11-24)30(39-6)29(37)21(3)40-32/h7-12,21,23,25-32,36-38H,1,13-19H2,2-6H3/t21?,23?,25?,26?,27?,28-,29?,30?,31?,32?,33+,34+,35+/m1/s1. The third kappa shape index (κ3) is 4.69. The molecule has 1 aliphatic heterocycles. The Labute approximate surface area is 255 Å². The van der Waals surface area contributed by atoms with Gasteiger partial charge in [-0.15, -0.1) is 11.8 Å². The zero-order chi connectivity index (χ0) is 30.0. The first-order valence-electron chi connectivity index (χ1n) is 15.9. The van der Waals surface area contributed by atoms with Crippen LogP contribution in [0.5, 0.6) is 0 Å². The molecule has 6 rings (SSSR count). The highest BCUT2D eigenvalue weighted by molar-refractivity contribution is 8.00. The van der Waals surface area contributed by atoms with Gasteiger partial charge in [0.1, 0.15) is 12.2 Å². The normalized spacial score (nSPS) is 48.5. The van der Waals surface area contributed by atoms with E-state index in [4.69, 9.17) is 14.2 Å². The molecule has 0 amide bonds. The van der Waals surface area contributed by atoms with E-state index >= 15 is 0 Å². The van der Waals surface area contributed by atoms with Crippen LogP contribution in [-0.2, 0) is 14.2 Å². The molecular weight excluding hydrogens is 548 g/mol. The van der Waals surface area contributed by atoms with Crippen LogP contribution in [-0.4, -0.2) is 70.1 Å². The molecule has 4 fully saturated rings. The highest BCUT2D eigenvalue weighted by Crippen LogP contribution is 2.68. The predicted octanol–water partition coefficient (Wildman–Crippen LogP) is 5.89. The molecule has 4 aliphatic carbocycles. The summed E-state index contributed by atoms with van der Waals surface area (Å²) in [4.78, 5) is 1.09. The van der Waals surface area contributed by atoms with E-state index in [9.17, 15) is 15.3 Å². The van der Waals surface area contributed by atoms with Gasteiger partial charge in [-0.2, -0.15) is 0 Å². The van der Waals surface area contributed by atoms with Gasteiger partial charge in [0.05, 0.1) is 29.2 Å². The predicted molar refractivity (Wildman–Crippen MR) is 165 cm³/mol. The molecular formula is C35H50O6S. The third-order valence-electron chi connectivity index (χ3n) is 12.3. The summed E-state index contributed by atoms with van der Waals surface area (Å²) < 4.78 is 18.9. The number of allylic oxidation sites excluding steroid dienone is 2. The quantitative estimate of drug-likeness (QED) is 0.352. The van der Waals surface area contributed by atoms with E-state index in [0.29, 0.717) is 0 Å². The minimum Gasteiger partial charge on any atom is -0.392 e. The number of thioether (sulfide) groups is 1. The Bertz CT molecular complexity index is 1190. The minimum absolute atomic E-state index is 0.00848. The van der Waals surface area contributed by atoms with Crippen molar-refractivity contribution in [3.63, 3.8) is 0 Å². The van der Waals surface area contributed by atoms with E-state index in [0.717, 1.165) is 55.4 Å². The van der Waals surface area contributed by atoms with Crippen molar-refractivity contribution in [1.82, 2.24) is 0 Å². The zero-order valence-corrected chi connectivity index (χ0v) is 26.7. The molecule has 7 heteroatoms. The van der Waals surface area contributed by atoms with Crippen molar-refractivity contribution in [2.24, 2.45) is 28.6 Å². The Balaban J connectivity index is 1.22. The van der Waals surface area contributed by atoms with Crippen LogP contribution < -0.4 is 0 Å². The second-order valence-electron chi connectivity index (χ2n) is 14.3. The van der Waals surface area contributed by atoms with Crippen LogP contribution in [0.15, 0.2) is 59.0 Å². The lowest BCUT2D eigenvalue weighted by molar-refractivity contribution is -0.262. The number of hydrogen-bond acceptors (Lipinski definition) is 7. The largest absolute Gasteiger partial charge is 0.392 e. The number of aliphatic hydroxyl groups excluding tert-OH is 2. The number of fused-ring (bicyclic) bond motifs is 5. The zero-order valence-electron chi connectivity index (χ0n) is 25.9. The summed E-state index contributed by atoms with van der Waals surface area (Å²) in [6.45, 7) is 12.7. The summed E-state index contributed by atoms with van der Waals surface area (Å²) in [5, 5.41) is 34.7. The molecule has 42 heavy (non-hydrogen) atoms. The SMILES string of the molecule is C=C(C)C1CC[C@]2(O)C3CC=C4CC(OC5OC(C)C(O)C(OC)C5Sc5ccccc5)CC[C@]4(C)C3C[C@@H](O)[C@]12C. The lowest BCUT2D eigenvalue weighted by Gasteiger charge is -2.63. The minimum atomic E-state index is -0.888. The van der Waals surface area contributed by atoms with Crippen LogP contribution in [0, 0.1) is 28.6 Å². The van der Waals surface area contributed by atoms with Crippen molar-refractivity contribution in [1.29, 1.82) is 0 Å². The van der Waals surface area contributed by atoms with E-state index < -0.39 is 41.7 Å². The smallest absolute Gasteiger partial charge is 0.173 e. The van der Waals surface area contributed by atoms with Crippen LogP contribution >= 0.6 is 11.8 Å². The summed E-state index contributed by atoms with van der Waals surface area (Å²) in [6, 6.07) is 10.2. The van der Waals surface area contributed by atoms with Gasteiger partial charge in [0, 0.05) is 17.4 Å². The molecule has 13 atom stereocenters. The maximum atomic E-state index is 12.4. The average molecular weight is 599 g/mol.